The molecule has 2 aliphatic rings. The maximum atomic E-state index is 14.8. The summed E-state index contributed by atoms with van der Waals surface area (Å²) in [7, 11) is 0. The van der Waals surface area contributed by atoms with E-state index in [1.807, 2.05) is 0 Å². The molecule has 2 heterocycles. The number of nitrogens with one attached hydrogen (secondary N) is 1. The van der Waals surface area contributed by atoms with Gasteiger partial charge in [0.05, 0.1) is 12.0 Å². The third-order valence-corrected chi connectivity index (χ3v) is 6.04. The predicted molar refractivity (Wildman–Crippen MR) is 122 cm³/mol. The Morgan fingerprint density at radius 3 is 2.71 bits per heavy atom. The number of rotatable bonds is 8. The number of esters is 1. The number of amides is 1. The van der Waals surface area contributed by atoms with Crippen LogP contribution in [0.3, 0.4) is 0 Å². The van der Waals surface area contributed by atoms with Gasteiger partial charge in [0.1, 0.15) is 17.1 Å². The van der Waals surface area contributed by atoms with Crippen LogP contribution < -0.4 is 19.5 Å². The molecule has 180 valence electrons. The molecule has 1 amide bonds. The molecule has 0 radical (unpaired) electrons. The third-order valence-electron chi connectivity index (χ3n) is 6.04. The first-order valence-electron chi connectivity index (χ1n) is 11.3. The Bertz CT molecular complexity index is 1290. The van der Waals surface area contributed by atoms with Crippen LogP contribution in [-0.4, -0.2) is 30.3 Å². The highest BCUT2D eigenvalue weighted by atomic mass is 19.1. The monoisotopic (exact) mass is 478 g/mol. The average molecular weight is 478 g/mol. The number of fused-ring (bicyclic) bond motifs is 1. The number of carbonyl (C=O) groups is 2. The van der Waals surface area contributed by atoms with Crippen molar-refractivity contribution in [2.75, 3.05) is 13.4 Å². The minimum atomic E-state index is -0.755. The highest BCUT2D eigenvalue weighted by molar-refractivity contribution is 5.96. The van der Waals surface area contributed by atoms with E-state index < -0.39 is 17.1 Å². The van der Waals surface area contributed by atoms with Crippen LogP contribution in [0.1, 0.15) is 41.3 Å². The number of halogens is 1. The van der Waals surface area contributed by atoms with Crippen LogP contribution in [-0.2, 0) is 21.5 Å². The van der Waals surface area contributed by atoms with Crippen LogP contribution in [0.15, 0.2) is 54.7 Å². The highest BCUT2D eigenvalue weighted by Gasteiger charge is 2.52. The first-order valence-corrected chi connectivity index (χ1v) is 11.3. The van der Waals surface area contributed by atoms with Gasteiger partial charge in [-0.05, 0) is 55.7 Å². The van der Waals surface area contributed by atoms with Gasteiger partial charge in [-0.3, -0.25) is 9.59 Å². The normalized spacial score (nSPS) is 14.8. The lowest BCUT2D eigenvalue weighted by atomic mass is 9.94. The van der Waals surface area contributed by atoms with Crippen molar-refractivity contribution < 1.29 is 32.9 Å². The highest BCUT2D eigenvalue weighted by Crippen LogP contribution is 2.49. The predicted octanol–water partition coefficient (Wildman–Crippen LogP) is 4.27. The number of ether oxygens (including phenoxy) is 4. The minimum absolute atomic E-state index is 0.0459. The smallest absolute Gasteiger partial charge is 0.316 e. The second-order valence-electron chi connectivity index (χ2n) is 8.26. The van der Waals surface area contributed by atoms with Crippen LogP contribution in [0.4, 0.5) is 4.39 Å². The molecule has 2 aromatic carbocycles. The van der Waals surface area contributed by atoms with E-state index in [0.29, 0.717) is 41.2 Å². The summed E-state index contributed by atoms with van der Waals surface area (Å²) >= 11 is 0. The van der Waals surface area contributed by atoms with Gasteiger partial charge in [0.15, 0.2) is 11.5 Å². The van der Waals surface area contributed by atoms with Crippen LogP contribution in [0.25, 0.3) is 0 Å². The zero-order valence-corrected chi connectivity index (χ0v) is 19.0. The molecule has 1 fully saturated rings. The molecule has 3 aromatic rings. The van der Waals surface area contributed by atoms with Gasteiger partial charge in [-0.2, -0.15) is 0 Å². The van der Waals surface area contributed by atoms with Crippen molar-refractivity contribution in [1.82, 2.24) is 10.3 Å². The van der Waals surface area contributed by atoms with Crippen LogP contribution >= 0.6 is 0 Å². The number of hydrogen-bond acceptors (Lipinski definition) is 7. The summed E-state index contributed by atoms with van der Waals surface area (Å²) in [4.78, 5) is 29.3. The second kappa shape index (κ2) is 9.25. The Hall–Kier alpha value is -4.14. The van der Waals surface area contributed by atoms with Crippen molar-refractivity contribution in [3.8, 4) is 23.1 Å². The molecule has 0 saturated heterocycles. The van der Waals surface area contributed by atoms with E-state index in [0.717, 1.165) is 0 Å². The Balaban J connectivity index is 1.27. The van der Waals surface area contributed by atoms with Crippen molar-refractivity contribution >= 4 is 11.9 Å². The molecule has 35 heavy (non-hydrogen) atoms. The zero-order chi connectivity index (χ0) is 24.4. The molecule has 8 nitrogen and oxygen atoms in total. The number of aromatic nitrogens is 1. The van der Waals surface area contributed by atoms with Crippen LogP contribution in [0.5, 0.6) is 23.1 Å². The maximum Gasteiger partial charge on any atom is 0.316 e. The first kappa shape index (κ1) is 22.6. The topological polar surface area (TPSA) is 96.0 Å². The first-order chi connectivity index (χ1) is 17.0. The van der Waals surface area contributed by atoms with Gasteiger partial charge < -0.3 is 24.3 Å². The molecule has 1 aromatic heterocycles. The summed E-state index contributed by atoms with van der Waals surface area (Å²) in [5, 5.41) is 2.71. The van der Waals surface area contributed by atoms with Crippen LogP contribution in [0, 0.1) is 5.82 Å². The van der Waals surface area contributed by atoms with Crippen molar-refractivity contribution in [3.05, 3.63) is 77.2 Å². The molecular formula is C26H23FN2O6. The van der Waals surface area contributed by atoms with Gasteiger partial charge in [0.25, 0.3) is 5.91 Å². The van der Waals surface area contributed by atoms with E-state index in [-0.39, 0.29) is 37.4 Å². The number of hydrogen-bond donors (Lipinski definition) is 1. The lowest BCUT2D eigenvalue weighted by molar-refractivity contribution is -0.146. The quantitative estimate of drug-likeness (QED) is 0.483. The summed E-state index contributed by atoms with van der Waals surface area (Å²) in [6, 6.07) is 12.9. The van der Waals surface area contributed by atoms with Gasteiger partial charge >= 0.3 is 5.97 Å². The summed E-state index contributed by atoms with van der Waals surface area (Å²) in [6.45, 7) is 2.11. The number of nitrogens with zero attached hydrogens (tertiary/aromatic N) is 1. The molecule has 0 bridgehead atoms. The largest absolute Gasteiger partial charge is 0.465 e. The molecule has 0 spiro atoms. The van der Waals surface area contributed by atoms with Gasteiger partial charge in [-0.15, -0.1) is 0 Å². The lowest BCUT2D eigenvalue weighted by Gasteiger charge is -2.15. The summed E-state index contributed by atoms with van der Waals surface area (Å²) in [5.41, 5.74) is 0.329. The van der Waals surface area contributed by atoms with E-state index in [1.54, 1.807) is 49.4 Å². The third kappa shape index (κ3) is 4.49. The van der Waals surface area contributed by atoms with Crippen LogP contribution in [0.2, 0.25) is 0 Å². The molecule has 1 saturated carbocycles. The minimum Gasteiger partial charge on any atom is -0.465 e. The summed E-state index contributed by atoms with van der Waals surface area (Å²) in [6.07, 6.45) is 2.78. The molecule has 1 N–H and O–H groups in total. The maximum absolute atomic E-state index is 14.8. The fraction of sp³-hybridized carbons (Fsp3) is 0.269. The van der Waals surface area contributed by atoms with Gasteiger partial charge in [0, 0.05) is 24.4 Å². The second-order valence-corrected chi connectivity index (χ2v) is 8.26. The summed E-state index contributed by atoms with van der Waals surface area (Å²) in [5.74, 6) is 0.387. The Morgan fingerprint density at radius 2 is 1.94 bits per heavy atom. The Kier molecular flexibility index (Phi) is 5.98. The van der Waals surface area contributed by atoms with Crippen molar-refractivity contribution in [2.24, 2.45) is 0 Å². The molecule has 0 unspecified atom stereocenters. The molecule has 9 heteroatoms. The molecule has 1 aliphatic heterocycles. The van der Waals surface area contributed by atoms with Gasteiger partial charge in [-0.25, -0.2) is 9.37 Å². The zero-order valence-electron chi connectivity index (χ0n) is 19.0. The number of pyridine rings is 1. The van der Waals surface area contributed by atoms with E-state index in [9.17, 15) is 14.0 Å². The van der Waals surface area contributed by atoms with E-state index in [4.69, 9.17) is 18.9 Å². The molecule has 0 atom stereocenters. The average Bonchev–Trinajstić information content (AvgIpc) is 3.55. The molecule has 5 rings (SSSR count). The van der Waals surface area contributed by atoms with Crippen molar-refractivity contribution in [1.29, 1.82) is 0 Å². The standard InChI is InChI=1S/C26H23FN2O6/c1-2-32-25(31)26(9-10-26)17-6-5-16(20(27)12-17)14-29-23(30)19-4-3-11-28-24(19)35-18-7-8-21-22(13-18)34-15-33-21/h3-8,11-13H,2,9-10,14-15H2,1H3,(H,29,30). The van der Waals surface area contributed by atoms with Crippen molar-refractivity contribution in [3.63, 3.8) is 0 Å². The Labute approximate surface area is 201 Å². The fourth-order valence-corrected chi connectivity index (χ4v) is 3.96. The Morgan fingerprint density at radius 1 is 1.11 bits per heavy atom. The van der Waals surface area contributed by atoms with Gasteiger partial charge in [0.2, 0.25) is 12.7 Å². The lowest BCUT2D eigenvalue weighted by Crippen LogP contribution is -2.25. The molecular weight excluding hydrogens is 455 g/mol. The molecule has 1 aliphatic carbocycles. The summed E-state index contributed by atoms with van der Waals surface area (Å²) < 4.78 is 36.4. The van der Waals surface area contributed by atoms with E-state index >= 15 is 0 Å². The van der Waals surface area contributed by atoms with E-state index in [1.165, 1.54) is 12.3 Å². The van der Waals surface area contributed by atoms with E-state index in [2.05, 4.69) is 10.3 Å². The number of carbonyl (C=O) groups excluding carboxylic acids is 2. The fourth-order valence-electron chi connectivity index (χ4n) is 3.96. The number of benzene rings is 2. The van der Waals surface area contributed by atoms with Crippen molar-refractivity contribution in [2.45, 2.75) is 31.7 Å². The van der Waals surface area contributed by atoms with Gasteiger partial charge in [-0.1, -0.05) is 12.1 Å². The SMILES string of the molecule is CCOC(=O)C1(c2ccc(CNC(=O)c3cccnc3Oc3ccc4c(c3)OCO4)c(F)c2)CC1.